The fraction of sp³-hybridized carbons (Fsp3) is 0.400. The van der Waals surface area contributed by atoms with Crippen LogP contribution in [0.2, 0.25) is 0 Å². The number of halogens is 3. The number of ether oxygens (including phenoxy) is 1. The maximum Gasteiger partial charge on any atom is 0.256 e. The van der Waals surface area contributed by atoms with E-state index in [0.717, 1.165) is 16.6 Å². The van der Waals surface area contributed by atoms with Gasteiger partial charge in [-0.15, -0.1) is 12.4 Å². The first-order valence-corrected chi connectivity index (χ1v) is 11.0. The van der Waals surface area contributed by atoms with Crippen molar-refractivity contribution in [2.75, 3.05) is 26.8 Å². The monoisotopic (exact) mass is 477 g/mol. The molecule has 33 heavy (non-hydrogen) atoms. The summed E-state index contributed by atoms with van der Waals surface area (Å²) < 4.78 is 36.3. The van der Waals surface area contributed by atoms with Crippen LogP contribution < -0.4 is 5.73 Å². The van der Waals surface area contributed by atoms with Crippen molar-refractivity contribution in [1.29, 1.82) is 0 Å². The van der Waals surface area contributed by atoms with Gasteiger partial charge in [0.2, 0.25) is 0 Å². The molecule has 3 aromatic rings. The van der Waals surface area contributed by atoms with E-state index in [9.17, 15) is 13.6 Å². The number of carbonyl (C=O) groups excluding carboxylic acids is 1. The number of methoxy groups -OCH3 is 1. The standard InChI is InChI=1S/C25H29F2N3O2.ClH/c1-16-3-5-22(27)23-20(15-30(24(16)23)11-12-32-2)25(31)29-9-7-18(8-10-29)19-13-17(14-28)4-6-21(19)26;/h3-6,13,15,18H,7-12,14,28H2,1-2H3;1H. The number of fused-ring (bicyclic) bond motifs is 1. The van der Waals surface area contributed by atoms with E-state index in [1.54, 1.807) is 30.3 Å². The molecule has 0 atom stereocenters. The molecule has 1 fully saturated rings. The van der Waals surface area contributed by atoms with E-state index in [1.165, 1.54) is 12.1 Å². The molecule has 0 spiro atoms. The Kier molecular flexibility index (Phi) is 8.10. The molecule has 1 amide bonds. The number of amides is 1. The van der Waals surface area contributed by atoms with Gasteiger partial charge in [0, 0.05) is 44.9 Å². The number of aromatic nitrogens is 1. The third kappa shape index (κ3) is 4.90. The minimum Gasteiger partial charge on any atom is -0.383 e. The summed E-state index contributed by atoms with van der Waals surface area (Å²) in [5.41, 5.74) is 9.27. The van der Waals surface area contributed by atoms with Gasteiger partial charge in [0.05, 0.1) is 17.7 Å². The van der Waals surface area contributed by atoms with Crippen molar-refractivity contribution in [3.63, 3.8) is 0 Å². The van der Waals surface area contributed by atoms with Gasteiger partial charge in [-0.1, -0.05) is 18.2 Å². The molecule has 178 valence electrons. The van der Waals surface area contributed by atoms with Crippen LogP contribution in [0.3, 0.4) is 0 Å². The molecule has 4 rings (SSSR count). The SMILES string of the molecule is COCCn1cc(C(=O)N2CCC(c3cc(CN)ccc3F)CC2)c2c(F)ccc(C)c21.Cl. The van der Waals surface area contributed by atoms with Crippen molar-refractivity contribution in [3.05, 3.63) is 70.4 Å². The Hall–Kier alpha value is -2.48. The number of benzene rings is 2. The number of rotatable bonds is 6. The molecule has 0 bridgehead atoms. The van der Waals surface area contributed by atoms with Crippen LogP contribution in [0.5, 0.6) is 0 Å². The first-order chi connectivity index (χ1) is 15.4. The largest absolute Gasteiger partial charge is 0.383 e. The molecular formula is C25H30ClF2N3O2. The lowest BCUT2D eigenvalue weighted by atomic mass is 9.88. The normalized spacial score (nSPS) is 14.5. The van der Waals surface area contributed by atoms with Crippen LogP contribution in [0.4, 0.5) is 8.78 Å². The fourth-order valence-corrected chi connectivity index (χ4v) is 4.71. The second-order valence-corrected chi connectivity index (χ2v) is 8.44. The second-order valence-electron chi connectivity index (χ2n) is 8.44. The molecule has 1 saturated heterocycles. The van der Waals surface area contributed by atoms with Crippen LogP contribution >= 0.6 is 12.4 Å². The lowest BCUT2D eigenvalue weighted by Gasteiger charge is -2.32. The first-order valence-electron chi connectivity index (χ1n) is 11.0. The van der Waals surface area contributed by atoms with Crippen molar-refractivity contribution in [3.8, 4) is 0 Å². The zero-order valence-corrected chi connectivity index (χ0v) is 19.8. The predicted molar refractivity (Wildman–Crippen MR) is 128 cm³/mol. The van der Waals surface area contributed by atoms with Crippen LogP contribution in [0.1, 0.15) is 45.8 Å². The molecular weight excluding hydrogens is 448 g/mol. The Morgan fingerprint density at radius 3 is 2.52 bits per heavy atom. The number of aryl methyl sites for hydroxylation is 1. The van der Waals surface area contributed by atoms with Crippen molar-refractivity contribution in [2.45, 2.75) is 38.8 Å². The highest BCUT2D eigenvalue weighted by molar-refractivity contribution is 6.08. The third-order valence-corrected chi connectivity index (χ3v) is 6.46. The van der Waals surface area contributed by atoms with E-state index in [-0.39, 0.29) is 30.0 Å². The summed E-state index contributed by atoms with van der Waals surface area (Å²) in [7, 11) is 1.61. The topological polar surface area (TPSA) is 60.5 Å². The Balaban J connectivity index is 0.00000306. The Morgan fingerprint density at radius 1 is 1.15 bits per heavy atom. The summed E-state index contributed by atoms with van der Waals surface area (Å²) in [5, 5.41) is 0.356. The number of likely N-dealkylation sites (tertiary alicyclic amines) is 1. The minimum atomic E-state index is -0.402. The quantitative estimate of drug-likeness (QED) is 0.556. The zero-order valence-electron chi connectivity index (χ0n) is 18.9. The van der Waals surface area contributed by atoms with Crippen LogP contribution in [-0.4, -0.2) is 42.2 Å². The first kappa shape index (κ1) is 25.1. The van der Waals surface area contributed by atoms with Crippen LogP contribution in [0, 0.1) is 18.6 Å². The van der Waals surface area contributed by atoms with E-state index >= 15 is 0 Å². The molecule has 0 saturated carbocycles. The van der Waals surface area contributed by atoms with Crippen LogP contribution in [-0.2, 0) is 17.8 Å². The van der Waals surface area contributed by atoms with E-state index in [2.05, 4.69) is 0 Å². The molecule has 2 heterocycles. The summed E-state index contributed by atoms with van der Waals surface area (Å²) in [6, 6.07) is 8.14. The van der Waals surface area contributed by atoms with Crippen LogP contribution in [0.25, 0.3) is 10.9 Å². The maximum absolute atomic E-state index is 14.8. The molecule has 0 unspecified atom stereocenters. The second kappa shape index (κ2) is 10.6. The summed E-state index contributed by atoms with van der Waals surface area (Å²) in [4.78, 5) is 15.1. The van der Waals surface area contributed by atoms with Gasteiger partial charge < -0.3 is 19.9 Å². The highest BCUT2D eigenvalue weighted by Gasteiger charge is 2.29. The molecule has 1 aromatic heterocycles. The maximum atomic E-state index is 14.8. The fourth-order valence-electron chi connectivity index (χ4n) is 4.71. The molecule has 1 aliphatic heterocycles. The molecule has 8 heteroatoms. The minimum absolute atomic E-state index is 0. The number of carbonyl (C=O) groups is 1. The van der Waals surface area contributed by atoms with Crippen molar-refractivity contribution < 1.29 is 18.3 Å². The van der Waals surface area contributed by atoms with Crippen LogP contribution in [0.15, 0.2) is 36.5 Å². The average molecular weight is 478 g/mol. The van der Waals surface area contributed by atoms with Crippen molar-refractivity contribution >= 4 is 29.2 Å². The number of piperidine rings is 1. The average Bonchev–Trinajstić information content (AvgIpc) is 3.21. The summed E-state index contributed by atoms with van der Waals surface area (Å²) >= 11 is 0. The number of nitrogens with zero attached hydrogens (tertiary/aromatic N) is 2. The lowest BCUT2D eigenvalue weighted by Crippen LogP contribution is -2.38. The van der Waals surface area contributed by atoms with Gasteiger partial charge in [0.1, 0.15) is 11.6 Å². The van der Waals surface area contributed by atoms with Crippen molar-refractivity contribution in [1.82, 2.24) is 9.47 Å². The third-order valence-electron chi connectivity index (χ3n) is 6.46. The Labute approximate surface area is 198 Å². The Bertz CT molecular complexity index is 1140. The highest BCUT2D eigenvalue weighted by Crippen LogP contribution is 2.33. The van der Waals surface area contributed by atoms with E-state index in [0.29, 0.717) is 62.1 Å². The van der Waals surface area contributed by atoms with Gasteiger partial charge in [-0.25, -0.2) is 8.78 Å². The van der Waals surface area contributed by atoms with Gasteiger partial charge in [0.25, 0.3) is 5.91 Å². The summed E-state index contributed by atoms with van der Waals surface area (Å²) in [5.74, 6) is -0.788. The van der Waals surface area contributed by atoms with E-state index in [4.69, 9.17) is 10.5 Å². The van der Waals surface area contributed by atoms with Gasteiger partial charge >= 0.3 is 0 Å². The Morgan fingerprint density at radius 2 is 1.85 bits per heavy atom. The van der Waals surface area contributed by atoms with Gasteiger partial charge in [-0.3, -0.25) is 4.79 Å². The van der Waals surface area contributed by atoms with Gasteiger partial charge in [-0.2, -0.15) is 0 Å². The number of hydrogen-bond acceptors (Lipinski definition) is 3. The summed E-state index contributed by atoms with van der Waals surface area (Å²) in [6.07, 6.45) is 3.04. The lowest BCUT2D eigenvalue weighted by molar-refractivity contribution is 0.0713. The molecule has 2 N–H and O–H groups in total. The van der Waals surface area contributed by atoms with Crippen molar-refractivity contribution in [2.24, 2.45) is 5.73 Å². The van der Waals surface area contributed by atoms with E-state index in [1.807, 2.05) is 17.6 Å². The predicted octanol–water partition coefficient (Wildman–Crippen LogP) is 4.77. The number of nitrogens with two attached hydrogens (primary N) is 1. The highest BCUT2D eigenvalue weighted by atomic mass is 35.5. The molecule has 0 radical (unpaired) electrons. The summed E-state index contributed by atoms with van der Waals surface area (Å²) in [6.45, 7) is 4.26. The molecule has 5 nitrogen and oxygen atoms in total. The molecule has 2 aromatic carbocycles. The smallest absolute Gasteiger partial charge is 0.256 e. The van der Waals surface area contributed by atoms with E-state index < -0.39 is 5.82 Å². The number of hydrogen-bond donors (Lipinski definition) is 1. The van der Waals surface area contributed by atoms with Gasteiger partial charge in [-0.05, 0) is 54.5 Å². The molecule has 1 aliphatic rings. The van der Waals surface area contributed by atoms with Gasteiger partial charge in [0.15, 0.2) is 0 Å². The molecule has 0 aliphatic carbocycles. The zero-order chi connectivity index (χ0) is 22.8.